The predicted octanol–water partition coefficient (Wildman–Crippen LogP) is 3.19. The molecule has 3 N–H and O–H groups in total. The fourth-order valence-electron chi connectivity index (χ4n) is 3.31. The van der Waals surface area contributed by atoms with E-state index >= 15 is 0 Å². The lowest BCUT2D eigenvalue weighted by molar-refractivity contribution is -0.127. The number of aryl methyl sites for hydroxylation is 1. The summed E-state index contributed by atoms with van der Waals surface area (Å²) in [5.74, 6) is 0.211. The highest BCUT2D eigenvalue weighted by molar-refractivity contribution is 7.10. The summed E-state index contributed by atoms with van der Waals surface area (Å²) < 4.78 is 18.5. The minimum Gasteiger partial charge on any atom is -0.365 e. The Morgan fingerprint density at radius 1 is 1.50 bits per heavy atom. The molecule has 1 unspecified atom stereocenters. The molecule has 1 saturated heterocycles. The van der Waals surface area contributed by atoms with Crippen LogP contribution in [0.3, 0.4) is 0 Å². The number of carbonyl (C=O) groups excluding carboxylic acids is 1. The van der Waals surface area contributed by atoms with Crippen LogP contribution in [0.2, 0.25) is 0 Å². The van der Waals surface area contributed by atoms with Crippen LogP contribution in [0.4, 0.5) is 21.2 Å². The summed E-state index contributed by atoms with van der Waals surface area (Å²) in [7, 11) is 0. The van der Waals surface area contributed by atoms with Crippen molar-refractivity contribution in [2.45, 2.75) is 25.8 Å². The Morgan fingerprint density at radius 2 is 2.36 bits per heavy atom. The highest BCUT2D eigenvalue weighted by Crippen LogP contribution is 2.28. The third-order valence-corrected chi connectivity index (χ3v) is 5.39. The molecule has 8 nitrogen and oxygen atoms in total. The van der Waals surface area contributed by atoms with Gasteiger partial charge in [0.25, 0.3) is 0 Å². The number of halogens is 1. The van der Waals surface area contributed by atoms with E-state index in [9.17, 15) is 9.18 Å². The Morgan fingerprint density at radius 3 is 3.11 bits per heavy atom. The number of hydrogen-bond acceptors (Lipinski definition) is 7. The van der Waals surface area contributed by atoms with E-state index in [4.69, 9.17) is 0 Å². The number of fused-ring (bicyclic) bond motifs is 1. The number of aromatic nitrogens is 4. The lowest BCUT2D eigenvalue weighted by atomic mass is 10.1. The summed E-state index contributed by atoms with van der Waals surface area (Å²) in [6.07, 6.45) is 4.29. The summed E-state index contributed by atoms with van der Waals surface area (Å²) in [4.78, 5) is 25.3. The van der Waals surface area contributed by atoms with Crippen molar-refractivity contribution >= 4 is 45.2 Å². The Labute approximate surface area is 165 Å². The second-order valence-corrected chi connectivity index (χ2v) is 7.49. The molecule has 1 aliphatic rings. The van der Waals surface area contributed by atoms with E-state index < -0.39 is 5.82 Å². The molecule has 0 radical (unpaired) electrons. The molecule has 1 amide bonds. The summed E-state index contributed by atoms with van der Waals surface area (Å²) in [5.41, 5.74) is 1.29. The van der Waals surface area contributed by atoms with Crippen molar-refractivity contribution in [3.8, 4) is 0 Å². The van der Waals surface area contributed by atoms with Crippen molar-refractivity contribution in [1.82, 2.24) is 24.2 Å². The third kappa shape index (κ3) is 3.68. The number of nitrogens with one attached hydrogen (secondary N) is 3. The summed E-state index contributed by atoms with van der Waals surface area (Å²) in [6.45, 7) is 6.65. The van der Waals surface area contributed by atoms with Crippen LogP contribution in [-0.4, -0.2) is 49.3 Å². The maximum atomic E-state index is 14.3. The molecule has 4 heterocycles. The molecular weight excluding hydrogens is 381 g/mol. The van der Waals surface area contributed by atoms with Crippen LogP contribution in [0, 0.1) is 12.7 Å². The molecule has 0 aromatic carbocycles. The second kappa shape index (κ2) is 7.55. The normalized spacial score (nSPS) is 16.9. The van der Waals surface area contributed by atoms with Gasteiger partial charge in [0.2, 0.25) is 11.9 Å². The molecule has 28 heavy (non-hydrogen) atoms. The Hall–Kier alpha value is -3.01. The molecule has 1 fully saturated rings. The SMILES string of the molecule is C=CC(=O)N1CCCC(Nc2nc(Nc3cc(C)ns3)nc3[nH]cc(F)c23)C1. The number of carbonyl (C=O) groups is 1. The van der Waals surface area contributed by atoms with Crippen LogP contribution < -0.4 is 10.6 Å². The van der Waals surface area contributed by atoms with Crippen molar-refractivity contribution in [3.05, 3.63) is 36.4 Å². The molecule has 1 aliphatic heterocycles. The van der Waals surface area contributed by atoms with Crippen LogP contribution in [0.15, 0.2) is 24.9 Å². The second-order valence-electron chi connectivity index (χ2n) is 6.69. The first-order valence-corrected chi connectivity index (χ1v) is 9.73. The van der Waals surface area contributed by atoms with Gasteiger partial charge in [-0.3, -0.25) is 4.79 Å². The van der Waals surface area contributed by atoms with Gasteiger partial charge in [0, 0.05) is 25.3 Å². The molecule has 4 rings (SSSR count). The number of aromatic amines is 1. The minimum atomic E-state index is -0.424. The molecule has 10 heteroatoms. The average molecular weight is 401 g/mol. The van der Waals surface area contributed by atoms with Crippen molar-refractivity contribution in [1.29, 1.82) is 0 Å². The molecule has 3 aromatic rings. The number of hydrogen-bond donors (Lipinski definition) is 3. The highest BCUT2D eigenvalue weighted by Gasteiger charge is 2.24. The molecule has 0 bridgehead atoms. The lowest BCUT2D eigenvalue weighted by Gasteiger charge is -2.32. The molecule has 3 aromatic heterocycles. The number of amides is 1. The van der Waals surface area contributed by atoms with E-state index in [2.05, 4.69) is 36.5 Å². The van der Waals surface area contributed by atoms with Crippen LogP contribution >= 0.6 is 11.5 Å². The van der Waals surface area contributed by atoms with Crippen molar-refractivity contribution in [2.75, 3.05) is 23.7 Å². The summed E-state index contributed by atoms with van der Waals surface area (Å²) in [5, 5.41) is 7.52. The van der Waals surface area contributed by atoms with Crippen LogP contribution in [0.25, 0.3) is 11.0 Å². The van der Waals surface area contributed by atoms with E-state index in [1.807, 2.05) is 13.0 Å². The van der Waals surface area contributed by atoms with Gasteiger partial charge in [-0.15, -0.1) is 0 Å². The lowest BCUT2D eigenvalue weighted by Crippen LogP contribution is -2.44. The van der Waals surface area contributed by atoms with Gasteiger partial charge in [-0.25, -0.2) is 4.39 Å². The van der Waals surface area contributed by atoms with Gasteiger partial charge in [-0.2, -0.15) is 14.3 Å². The van der Waals surface area contributed by atoms with Crippen molar-refractivity contribution in [3.63, 3.8) is 0 Å². The van der Waals surface area contributed by atoms with Crippen LogP contribution in [0.5, 0.6) is 0 Å². The fourth-order valence-corrected chi connectivity index (χ4v) is 3.96. The summed E-state index contributed by atoms with van der Waals surface area (Å²) >= 11 is 1.30. The average Bonchev–Trinajstić information content (AvgIpc) is 3.27. The monoisotopic (exact) mass is 401 g/mol. The topological polar surface area (TPSA) is 98.8 Å². The zero-order valence-electron chi connectivity index (χ0n) is 15.3. The van der Waals surface area contributed by atoms with Gasteiger partial charge in [-0.1, -0.05) is 6.58 Å². The largest absolute Gasteiger partial charge is 0.365 e. The van der Waals surface area contributed by atoms with Gasteiger partial charge in [0.15, 0.2) is 5.82 Å². The van der Waals surface area contributed by atoms with Gasteiger partial charge < -0.3 is 20.5 Å². The number of nitrogens with zero attached hydrogens (tertiary/aromatic N) is 4. The van der Waals surface area contributed by atoms with Crippen molar-refractivity contribution in [2.24, 2.45) is 0 Å². The van der Waals surface area contributed by atoms with E-state index in [1.165, 1.54) is 23.8 Å². The molecule has 0 saturated carbocycles. The number of rotatable bonds is 5. The molecule has 0 spiro atoms. The first kappa shape index (κ1) is 18.4. The van der Waals surface area contributed by atoms with Gasteiger partial charge in [-0.05, 0) is 43.4 Å². The maximum Gasteiger partial charge on any atom is 0.246 e. The number of likely N-dealkylation sites (tertiary alicyclic amines) is 1. The van der Waals surface area contributed by atoms with E-state index in [0.717, 1.165) is 23.5 Å². The van der Waals surface area contributed by atoms with Gasteiger partial charge >= 0.3 is 0 Å². The first-order valence-electron chi connectivity index (χ1n) is 8.96. The Bertz CT molecular complexity index is 1030. The van der Waals surface area contributed by atoms with E-state index in [0.29, 0.717) is 35.9 Å². The van der Waals surface area contributed by atoms with Crippen LogP contribution in [0.1, 0.15) is 18.5 Å². The summed E-state index contributed by atoms with van der Waals surface area (Å²) in [6, 6.07) is 1.85. The molecular formula is C18H20FN7OS. The van der Waals surface area contributed by atoms with E-state index in [1.54, 1.807) is 4.90 Å². The minimum absolute atomic E-state index is 0.0384. The Kier molecular flexibility index (Phi) is 4.95. The quantitative estimate of drug-likeness (QED) is 0.568. The smallest absolute Gasteiger partial charge is 0.246 e. The zero-order chi connectivity index (χ0) is 19.7. The Balaban J connectivity index is 1.62. The zero-order valence-corrected chi connectivity index (χ0v) is 16.1. The molecule has 0 aliphatic carbocycles. The standard InChI is InChI=1S/C18H20FN7OS/c1-3-14(27)26-6-4-5-11(9-26)21-17-15-12(19)8-20-16(15)23-18(24-17)22-13-7-10(2)25-28-13/h3,7-8,11H,1,4-6,9H2,2H3,(H3,20,21,22,23,24). The molecule has 1 atom stereocenters. The molecule has 146 valence electrons. The predicted molar refractivity (Wildman–Crippen MR) is 107 cm³/mol. The highest BCUT2D eigenvalue weighted by atomic mass is 32.1. The fraction of sp³-hybridized carbons (Fsp3) is 0.333. The number of piperidine rings is 1. The number of anilines is 3. The number of H-pyrrole nitrogens is 1. The third-order valence-electron chi connectivity index (χ3n) is 4.59. The van der Waals surface area contributed by atoms with Gasteiger partial charge in [0.1, 0.15) is 16.5 Å². The van der Waals surface area contributed by atoms with Gasteiger partial charge in [0.05, 0.1) is 11.1 Å². The van der Waals surface area contributed by atoms with E-state index in [-0.39, 0.29) is 11.9 Å². The van der Waals surface area contributed by atoms with Crippen molar-refractivity contribution < 1.29 is 9.18 Å². The first-order chi connectivity index (χ1) is 13.5. The van der Waals surface area contributed by atoms with Crippen LogP contribution in [-0.2, 0) is 4.79 Å². The maximum absolute atomic E-state index is 14.3.